The topological polar surface area (TPSA) is 62.0 Å². The third-order valence-electron chi connectivity index (χ3n) is 4.31. The Morgan fingerprint density at radius 2 is 1.42 bits per heavy atom. The van der Waals surface area contributed by atoms with E-state index in [1.165, 1.54) is 7.11 Å². The lowest BCUT2D eigenvalue weighted by Gasteiger charge is -2.27. The van der Waals surface area contributed by atoms with Crippen molar-refractivity contribution in [3.8, 4) is 17.2 Å². The van der Waals surface area contributed by atoms with E-state index in [1.807, 2.05) is 12.1 Å². The maximum absolute atomic E-state index is 10.8. The van der Waals surface area contributed by atoms with Crippen LogP contribution in [0.3, 0.4) is 0 Å². The number of para-hydroxylation sites is 1. The van der Waals surface area contributed by atoms with Crippen molar-refractivity contribution >= 4 is 11.9 Å². The molecule has 0 unspecified atom stereocenters. The van der Waals surface area contributed by atoms with Crippen molar-refractivity contribution in [1.29, 1.82) is 0 Å². The van der Waals surface area contributed by atoms with Crippen molar-refractivity contribution in [1.82, 2.24) is 0 Å². The fraction of sp³-hybridized carbons (Fsp3) is 0.409. The van der Waals surface area contributed by atoms with Gasteiger partial charge in [-0.2, -0.15) is 0 Å². The first-order valence-electron chi connectivity index (χ1n) is 8.73. The maximum atomic E-state index is 10.8. The number of methoxy groups -OCH3 is 1. The summed E-state index contributed by atoms with van der Waals surface area (Å²) in [4.78, 5) is 4.55. The van der Waals surface area contributed by atoms with Gasteiger partial charge in [0.15, 0.2) is 11.5 Å². The zero-order chi connectivity index (χ0) is 19.7. The molecule has 140 valence electrons. The second-order valence-corrected chi connectivity index (χ2v) is 8.55. The molecule has 0 radical (unpaired) electrons. The van der Waals surface area contributed by atoms with Crippen LogP contribution in [0, 0.1) is 0 Å². The first-order valence-corrected chi connectivity index (χ1v) is 8.73. The largest absolute Gasteiger partial charge is 0.507 e. The van der Waals surface area contributed by atoms with Gasteiger partial charge in [-0.3, -0.25) is 4.99 Å². The van der Waals surface area contributed by atoms with Gasteiger partial charge in [0, 0.05) is 22.9 Å². The van der Waals surface area contributed by atoms with Crippen LogP contribution in [0.15, 0.2) is 35.3 Å². The lowest BCUT2D eigenvalue weighted by molar-refractivity contribution is 0.373. The minimum atomic E-state index is -0.215. The summed E-state index contributed by atoms with van der Waals surface area (Å²) in [6.07, 6.45) is 1.61. The van der Waals surface area contributed by atoms with Crippen LogP contribution >= 0.6 is 0 Å². The first-order chi connectivity index (χ1) is 11.9. The van der Waals surface area contributed by atoms with Gasteiger partial charge in [0.05, 0.1) is 12.8 Å². The summed E-state index contributed by atoms with van der Waals surface area (Å²) in [7, 11) is 1.52. The lowest BCUT2D eigenvalue weighted by Crippen LogP contribution is -2.16. The Labute approximate surface area is 156 Å². The molecule has 0 aliphatic carbocycles. The molecule has 0 aromatic heterocycles. The van der Waals surface area contributed by atoms with Crippen LogP contribution in [0.25, 0.3) is 0 Å². The van der Waals surface area contributed by atoms with Gasteiger partial charge in [-0.05, 0) is 35.1 Å². The van der Waals surface area contributed by atoms with Crippen molar-refractivity contribution in [2.24, 2.45) is 4.99 Å². The molecule has 0 saturated heterocycles. The van der Waals surface area contributed by atoms with Crippen molar-refractivity contribution < 1.29 is 14.9 Å². The van der Waals surface area contributed by atoms with Gasteiger partial charge in [-0.15, -0.1) is 0 Å². The molecule has 4 heteroatoms. The van der Waals surface area contributed by atoms with Crippen molar-refractivity contribution in [2.75, 3.05) is 7.11 Å². The summed E-state index contributed by atoms with van der Waals surface area (Å²) in [5, 5.41) is 21.0. The van der Waals surface area contributed by atoms with Crippen LogP contribution in [0.2, 0.25) is 0 Å². The first kappa shape index (κ1) is 19.8. The summed E-state index contributed by atoms with van der Waals surface area (Å²) in [5.74, 6) is 0.795. The fourth-order valence-corrected chi connectivity index (χ4v) is 2.79. The normalized spacial score (nSPS) is 12.6. The Morgan fingerprint density at radius 1 is 0.885 bits per heavy atom. The van der Waals surface area contributed by atoms with Crippen molar-refractivity contribution in [2.45, 2.75) is 52.4 Å². The number of aromatic hydroxyl groups is 2. The Hall–Kier alpha value is -2.49. The molecular weight excluding hydrogens is 326 g/mol. The molecule has 2 aromatic carbocycles. The smallest absolute Gasteiger partial charge is 0.166 e. The van der Waals surface area contributed by atoms with Gasteiger partial charge in [-0.1, -0.05) is 47.6 Å². The standard InChI is InChI=1S/C22H29NO3/c1-21(2,3)16-11-15(12-17(20(16)25)22(4,5)6)23-13-14-9-8-10-18(26-7)19(14)24/h8-13,24-25H,1-7H3. The van der Waals surface area contributed by atoms with Gasteiger partial charge in [0.2, 0.25) is 0 Å². The number of phenolic OH excluding ortho intramolecular Hbond substituents is 2. The van der Waals surface area contributed by atoms with Gasteiger partial charge in [0.25, 0.3) is 0 Å². The van der Waals surface area contributed by atoms with E-state index < -0.39 is 0 Å². The van der Waals surface area contributed by atoms with Crippen LogP contribution in [0.4, 0.5) is 5.69 Å². The van der Waals surface area contributed by atoms with Gasteiger partial charge < -0.3 is 14.9 Å². The number of phenols is 2. The molecule has 0 aliphatic rings. The molecule has 0 heterocycles. The van der Waals surface area contributed by atoms with Crippen LogP contribution in [0.5, 0.6) is 17.2 Å². The van der Waals surface area contributed by atoms with Gasteiger partial charge >= 0.3 is 0 Å². The Morgan fingerprint density at radius 3 is 1.88 bits per heavy atom. The molecule has 0 amide bonds. The quantitative estimate of drug-likeness (QED) is 0.719. The number of ether oxygens (including phenoxy) is 1. The van der Waals surface area contributed by atoms with E-state index in [0.29, 0.717) is 17.1 Å². The number of hydrogen-bond acceptors (Lipinski definition) is 4. The predicted molar refractivity (Wildman–Crippen MR) is 107 cm³/mol. The highest BCUT2D eigenvalue weighted by molar-refractivity contribution is 5.86. The monoisotopic (exact) mass is 355 g/mol. The molecular formula is C22H29NO3. The molecule has 0 atom stereocenters. The van der Waals surface area contributed by atoms with Crippen LogP contribution in [0.1, 0.15) is 58.2 Å². The summed E-state index contributed by atoms with van der Waals surface area (Å²) in [6, 6.07) is 9.08. The Bertz CT molecular complexity index is 789. The molecule has 0 bridgehead atoms. The number of nitrogens with zero attached hydrogens (tertiary/aromatic N) is 1. The van der Waals surface area contributed by atoms with Crippen LogP contribution in [-0.4, -0.2) is 23.5 Å². The highest BCUT2D eigenvalue weighted by Crippen LogP contribution is 2.41. The van der Waals surface area contributed by atoms with Gasteiger partial charge in [-0.25, -0.2) is 0 Å². The number of benzene rings is 2. The second kappa shape index (κ2) is 7.02. The SMILES string of the molecule is COc1cccc(C=Nc2cc(C(C)(C)C)c(O)c(C(C)(C)C)c2)c1O. The van der Waals surface area contributed by atoms with E-state index in [0.717, 1.165) is 16.8 Å². The van der Waals surface area contributed by atoms with E-state index in [2.05, 4.69) is 46.5 Å². The Balaban J connectivity index is 2.57. The molecule has 26 heavy (non-hydrogen) atoms. The van der Waals surface area contributed by atoms with Crippen molar-refractivity contribution in [3.63, 3.8) is 0 Å². The second-order valence-electron chi connectivity index (χ2n) is 8.55. The van der Waals surface area contributed by atoms with E-state index >= 15 is 0 Å². The van der Waals surface area contributed by atoms with E-state index in [9.17, 15) is 10.2 Å². The van der Waals surface area contributed by atoms with E-state index in [4.69, 9.17) is 4.74 Å². The van der Waals surface area contributed by atoms with Crippen LogP contribution < -0.4 is 4.74 Å². The molecule has 2 aromatic rings. The summed E-state index contributed by atoms with van der Waals surface area (Å²) >= 11 is 0. The molecule has 0 fully saturated rings. The minimum absolute atomic E-state index is 0.0598. The maximum Gasteiger partial charge on any atom is 0.166 e. The third kappa shape index (κ3) is 4.18. The zero-order valence-corrected chi connectivity index (χ0v) is 16.7. The highest BCUT2D eigenvalue weighted by Gasteiger charge is 2.26. The average molecular weight is 355 g/mol. The zero-order valence-electron chi connectivity index (χ0n) is 16.7. The molecule has 4 nitrogen and oxygen atoms in total. The van der Waals surface area contributed by atoms with Crippen molar-refractivity contribution in [3.05, 3.63) is 47.0 Å². The molecule has 2 rings (SSSR count). The summed E-state index contributed by atoms with van der Waals surface area (Å²) in [6.45, 7) is 12.4. The number of rotatable bonds is 3. The molecule has 0 spiro atoms. The van der Waals surface area contributed by atoms with E-state index in [-0.39, 0.29) is 16.6 Å². The molecule has 2 N–H and O–H groups in total. The average Bonchev–Trinajstić information content (AvgIpc) is 2.52. The lowest BCUT2D eigenvalue weighted by atomic mass is 9.79. The molecule has 0 saturated carbocycles. The molecule has 0 aliphatic heterocycles. The minimum Gasteiger partial charge on any atom is -0.507 e. The van der Waals surface area contributed by atoms with Crippen LogP contribution in [-0.2, 0) is 10.8 Å². The van der Waals surface area contributed by atoms with Gasteiger partial charge in [0.1, 0.15) is 5.75 Å². The fourth-order valence-electron chi connectivity index (χ4n) is 2.79. The summed E-state index contributed by atoms with van der Waals surface area (Å²) < 4.78 is 5.14. The highest BCUT2D eigenvalue weighted by atomic mass is 16.5. The summed E-state index contributed by atoms with van der Waals surface area (Å²) in [5.41, 5.74) is 2.59. The third-order valence-corrected chi connectivity index (χ3v) is 4.31. The van der Waals surface area contributed by atoms with E-state index in [1.54, 1.807) is 24.4 Å². The Kier molecular flexibility index (Phi) is 5.36. The number of aliphatic imine (C=N–C) groups is 1. The predicted octanol–water partition coefficient (Wildman–Crippen LogP) is 5.45. The number of hydrogen-bond donors (Lipinski definition) is 2.